The zero-order valence-electron chi connectivity index (χ0n) is 9.77. The molecule has 2 aromatic carbocycles. The minimum absolute atomic E-state index is 0.544. The summed E-state index contributed by atoms with van der Waals surface area (Å²) in [6.45, 7) is 0. The second-order valence-corrected chi connectivity index (χ2v) is 4.84. The molecule has 0 unspecified atom stereocenters. The van der Waals surface area contributed by atoms with Gasteiger partial charge in [-0.1, -0.05) is 35.3 Å². The van der Waals surface area contributed by atoms with E-state index in [1.807, 2.05) is 30.3 Å². The number of nitrogens with zero attached hydrogens (tertiary/aromatic N) is 2. The van der Waals surface area contributed by atoms with Crippen LogP contribution >= 0.6 is 23.2 Å². The maximum absolute atomic E-state index is 6.10. The van der Waals surface area contributed by atoms with E-state index in [1.165, 1.54) is 0 Å². The number of hydrogen-bond acceptors (Lipinski definition) is 3. The highest BCUT2D eigenvalue weighted by Gasteiger charge is 2.04. The summed E-state index contributed by atoms with van der Waals surface area (Å²) in [6.07, 6.45) is 1.67. The average molecular weight is 290 g/mol. The Kier molecular flexibility index (Phi) is 3.23. The number of rotatable bonds is 2. The fourth-order valence-corrected chi connectivity index (χ4v) is 2.20. The molecule has 0 atom stereocenters. The molecule has 1 N–H and O–H groups in total. The van der Waals surface area contributed by atoms with Crippen molar-refractivity contribution in [1.82, 2.24) is 9.97 Å². The van der Waals surface area contributed by atoms with Gasteiger partial charge in [0.2, 0.25) is 0 Å². The third-order valence-electron chi connectivity index (χ3n) is 2.64. The molecular weight excluding hydrogens is 281 g/mol. The first-order chi connectivity index (χ1) is 9.22. The summed E-state index contributed by atoms with van der Waals surface area (Å²) in [5.74, 6) is 0.642. The van der Waals surface area contributed by atoms with Gasteiger partial charge in [0.25, 0.3) is 0 Å². The standard InChI is InChI=1S/C14H9Cl2N3/c15-9-5-6-11(10(16)7-9)18-14-8-17-12-3-1-2-4-13(12)19-14/h1-8H,(H,18,19). The molecule has 0 spiro atoms. The number of halogens is 2. The van der Waals surface area contributed by atoms with E-state index in [1.54, 1.807) is 18.3 Å². The van der Waals surface area contributed by atoms with Crippen molar-refractivity contribution in [3.05, 3.63) is 58.7 Å². The normalized spacial score (nSPS) is 10.6. The molecule has 0 bridgehead atoms. The Morgan fingerprint density at radius 3 is 2.53 bits per heavy atom. The predicted octanol–water partition coefficient (Wildman–Crippen LogP) is 4.68. The van der Waals surface area contributed by atoms with Crippen LogP contribution in [0.5, 0.6) is 0 Å². The second-order valence-electron chi connectivity index (χ2n) is 3.99. The van der Waals surface area contributed by atoms with Crippen LogP contribution < -0.4 is 5.32 Å². The van der Waals surface area contributed by atoms with Crippen LogP contribution in [0.15, 0.2) is 48.7 Å². The fraction of sp³-hybridized carbons (Fsp3) is 0. The molecule has 0 aliphatic heterocycles. The molecule has 3 aromatic rings. The molecule has 0 aliphatic rings. The lowest BCUT2D eigenvalue weighted by atomic mass is 10.3. The Labute approximate surface area is 120 Å². The van der Waals surface area contributed by atoms with Crippen LogP contribution in [0, 0.1) is 0 Å². The van der Waals surface area contributed by atoms with Crippen molar-refractivity contribution in [1.29, 1.82) is 0 Å². The largest absolute Gasteiger partial charge is 0.338 e. The first-order valence-corrected chi connectivity index (χ1v) is 6.42. The molecule has 0 amide bonds. The molecule has 94 valence electrons. The van der Waals surface area contributed by atoms with Gasteiger partial charge in [-0.15, -0.1) is 0 Å². The second kappa shape index (κ2) is 5.03. The van der Waals surface area contributed by atoms with E-state index >= 15 is 0 Å². The summed E-state index contributed by atoms with van der Waals surface area (Å²) in [4.78, 5) is 8.80. The van der Waals surface area contributed by atoms with Crippen molar-refractivity contribution in [2.24, 2.45) is 0 Å². The fourth-order valence-electron chi connectivity index (χ4n) is 1.75. The Morgan fingerprint density at radius 1 is 0.947 bits per heavy atom. The summed E-state index contributed by atoms with van der Waals surface area (Å²) in [6, 6.07) is 12.9. The quantitative estimate of drug-likeness (QED) is 0.744. The van der Waals surface area contributed by atoms with Gasteiger partial charge in [-0.3, -0.25) is 4.98 Å². The van der Waals surface area contributed by atoms with Gasteiger partial charge < -0.3 is 5.32 Å². The van der Waals surface area contributed by atoms with Crippen molar-refractivity contribution < 1.29 is 0 Å². The van der Waals surface area contributed by atoms with Crippen LogP contribution in [0.2, 0.25) is 10.0 Å². The van der Waals surface area contributed by atoms with E-state index < -0.39 is 0 Å². The highest BCUT2D eigenvalue weighted by Crippen LogP contribution is 2.27. The Balaban J connectivity index is 1.96. The van der Waals surface area contributed by atoms with Crippen LogP contribution in [0.3, 0.4) is 0 Å². The van der Waals surface area contributed by atoms with Crippen molar-refractivity contribution in [3.63, 3.8) is 0 Å². The molecule has 1 aromatic heterocycles. The molecule has 3 nitrogen and oxygen atoms in total. The van der Waals surface area contributed by atoms with Crippen molar-refractivity contribution in [2.45, 2.75) is 0 Å². The van der Waals surface area contributed by atoms with Gasteiger partial charge in [-0.05, 0) is 30.3 Å². The third kappa shape index (κ3) is 2.62. The number of hydrogen-bond donors (Lipinski definition) is 1. The van der Waals surface area contributed by atoms with Crippen LogP contribution in [-0.2, 0) is 0 Å². The Hall–Kier alpha value is -1.84. The van der Waals surface area contributed by atoms with E-state index in [0.29, 0.717) is 15.9 Å². The number of aromatic nitrogens is 2. The van der Waals surface area contributed by atoms with Crippen LogP contribution in [0.4, 0.5) is 11.5 Å². The topological polar surface area (TPSA) is 37.8 Å². The first-order valence-electron chi connectivity index (χ1n) is 5.66. The lowest BCUT2D eigenvalue weighted by molar-refractivity contribution is 1.28. The summed E-state index contributed by atoms with van der Waals surface area (Å²) in [7, 11) is 0. The van der Waals surface area contributed by atoms with E-state index in [4.69, 9.17) is 23.2 Å². The van der Waals surface area contributed by atoms with E-state index in [0.717, 1.165) is 16.7 Å². The van der Waals surface area contributed by atoms with E-state index in [-0.39, 0.29) is 0 Å². The lowest BCUT2D eigenvalue weighted by Gasteiger charge is -2.08. The smallest absolute Gasteiger partial charge is 0.149 e. The average Bonchev–Trinajstić information content (AvgIpc) is 2.42. The van der Waals surface area contributed by atoms with Crippen molar-refractivity contribution in [3.8, 4) is 0 Å². The van der Waals surface area contributed by atoms with Gasteiger partial charge in [-0.2, -0.15) is 0 Å². The van der Waals surface area contributed by atoms with Crippen molar-refractivity contribution in [2.75, 3.05) is 5.32 Å². The number of fused-ring (bicyclic) bond motifs is 1. The molecule has 0 radical (unpaired) electrons. The molecule has 3 rings (SSSR count). The number of benzene rings is 2. The molecule has 0 aliphatic carbocycles. The monoisotopic (exact) mass is 289 g/mol. The first kappa shape index (κ1) is 12.2. The molecular formula is C14H9Cl2N3. The van der Waals surface area contributed by atoms with Gasteiger partial charge in [0.05, 0.1) is 27.9 Å². The van der Waals surface area contributed by atoms with E-state index in [9.17, 15) is 0 Å². The highest BCUT2D eigenvalue weighted by molar-refractivity contribution is 6.36. The molecule has 5 heteroatoms. The zero-order valence-corrected chi connectivity index (χ0v) is 11.3. The molecule has 0 fully saturated rings. The molecule has 0 saturated carbocycles. The predicted molar refractivity (Wildman–Crippen MR) is 79.3 cm³/mol. The number of para-hydroxylation sites is 2. The third-order valence-corrected chi connectivity index (χ3v) is 3.19. The van der Waals surface area contributed by atoms with Crippen molar-refractivity contribution >= 4 is 45.7 Å². The maximum atomic E-state index is 6.10. The zero-order chi connectivity index (χ0) is 13.2. The minimum Gasteiger partial charge on any atom is -0.338 e. The minimum atomic E-state index is 0.544. The summed E-state index contributed by atoms with van der Waals surface area (Å²) < 4.78 is 0. The maximum Gasteiger partial charge on any atom is 0.149 e. The lowest BCUT2D eigenvalue weighted by Crippen LogP contribution is -1.95. The number of nitrogens with one attached hydrogen (secondary N) is 1. The number of anilines is 2. The van der Waals surface area contributed by atoms with Gasteiger partial charge >= 0.3 is 0 Å². The van der Waals surface area contributed by atoms with Gasteiger partial charge in [-0.25, -0.2) is 4.98 Å². The van der Waals surface area contributed by atoms with Crippen LogP contribution in [-0.4, -0.2) is 9.97 Å². The molecule has 19 heavy (non-hydrogen) atoms. The highest BCUT2D eigenvalue weighted by atomic mass is 35.5. The van der Waals surface area contributed by atoms with E-state index in [2.05, 4.69) is 15.3 Å². The van der Waals surface area contributed by atoms with Crippen LogP contribution in [0.25, 0.3) is 11.0 Å². The Morgan fingerprint density at radius 2 is 1.74 bits per heavy atom. The Bertz CT molecular complexity index is 744. The molecule has 1 heterocycles. The SMILES string of the molecule is Clc1ccc(Nc2cnc3ccccc3n2)c(Cl)c1. The van der Waals surface area contributed by atoms with Gasteiger partial charge in [0, 0.05) is 5.02 Å². The van der Waals surface area contributed by atoms with Gasteiger partial charge in [0.15, 0.2) is 0 Å². The van der Waals surface area contributed by atoms with Gasteiger partial charge in [0.1, 0.15) is 5.82 Å². The summed E-state index contributed by atoms with van der Waals surface area (Å²) >= 11 is 12.0. The summed E-state index contributed by atoms with van der Waals surface area (Å²) in [5.41, 5.74) is 2.43. The summed E-state index contributed by atoms with van der Waals surface area (Å²) in [5, 5.41) is 4.27. The van der Waals surface area contributed by atoms with Crippen LogP contribution in [0.1, 0.15) is 0 Å². The molecule has 0 saturated heterocycles.